The largest absolute Gasteiger partial charge is 0.505 e. The molecule has 0 fully saturated rings. The Morgan fingerprint density at radius 2 is 1.64 bits per heavy atom. The number of aromatic hydroxyl groups is 1. The van der Waals surface area contributed by atoms with Gasteiger partial charge in [0.05, 0.1) is 6.54 Å². The van der Waals surface area contributed by atoms with Crippen molar-refractivity contribution < 1.29 is 19.1 Å². The average Bonchev–Trinajstić information content (AvgIpc) is 2.54. The minimum Gasteiger partial charge on any atom is -0.505 e. The second-order valence-corrected chi connectivity index (χ2v) is 6.72. The highest BCUT2D eigenvalue weighted by Gasteiger charge is 2.14. The van der Waals surface area contributed by atoms with Gasteiger partial charge >= 0.3 is 0 Å². The zero-order chi connectivity index (χ0) is 18.6. The Balaban J connectivity index is 2.00. The molecule has 0 aliphatic heterocycles. The van der Waals surface area contributed by atoms with Gasteiger partial charge in [-0.05, 0) is 56.2 Å². The van der Waals surface area contributed by atoms with Gasteiger partial charge in [-0.15, -0.1) is 0 Å². The van der Waals surface area contributed by atoms with Crippen LogP contribution in [0.1, 0.15) is 31.1 Å². The molecule has 0 aromatic heterocycles. The maximum absolute atomic E-state index is 13.4. The summed E-state index contributed by atoms with van der Waals surface area (Å²) >= 11 is 0. The van der Waals surface area contributed by atoms with Crippen LogP contribution >= 0.6 is 0 Å². The molecule has 132 valence electrons. The number of carbonyl (C=O) groups is 2. The molecule has 25 heavy (non-hydrogen) atoms. The summed E-state index contributed by atoms with van der Waals surface area (Å²) in [6.45, 7) is 5.47. The lowest BCUT2D eigenvalue weighted by Gasteiger charge is -2.20. The third-order valence-corrected chi connectivity index (χ3v) is 3.35. The first kappa shape index (κ1) is 18.4. The van der Waals surface area contributed by atoms with Crippen molar-refractivity contribution in [3.8, 4) is 16.9 Å². The van der Waals surface area contributed by atoms with Crippen LogP contribution in [-0.2, 0) is 4.79 Å². The number of nitrogens with one attached hydrogen (secondary N) is 2. The summed E-state index contributed by atoms with van der Waals surface area (Å²) in [4.78, 5) is 23.8. The fourth-order valence-corrected chi connectivity index (χ4v) is 2.23. The molecule has 0 aliphatic rings. The number of amides is 2. The van der Waals surface area contributed by atoms with Crippen molar-refractivity contribution in [1.29, 1.82) is 0 Å². The van der Waals surface area contributed by atoms with Gasteiger partial charge in [-0.1, -0.05) is 18.2 Å². The zero-order valence-electron chi connectivity index (χ0n) is 14.4. The fraction of sp³-hybridized carbons (Fsp3) is 0.263. The van der Waals surface area contributed by atoms with E-state index >= 15 is 0 Å². The van der Waals surface area contributed by atoms with Gasteiger partial charge < -0.3 is 15.7 Å². The second-order valence-electron chi connectivity index (χ2n) is 6.72. The summed E-state index contributed by atoms with van der Waals surface area (Å²) in [5, 5.41) is 14.5. The first-order valence-corrected chi connectivity index (χ1v) is 7.84. The number of phenolic OH excluding ortho intramolecular Hbond substituents is 1. The van der Waals surface area contributed by atoms with Crippen LogP contribution in [0.5, 0.6) is 5.75 Å². The van der Waals surface area contributed by atoms with Gasteiger partial charge in [0.15, 0.2) is 11.6 Å². The van der Waals surface area contributed by atoms with Gasteiger partial charge in [-0.25, -0.2) is 4.39 Å². The third kappa shape index (κ3) is 5.31. The summed E-state index contributed by atoms with van der Waals surface area (Å²) < 4.78 is 13.4. The zero-order valence-corrected chi connectivity index (χ0v) is 14.4. The predicted molar refractivity (Wildman–Crippen MR) is 93.7 cm³/mol. The number of rotatable bonds is 4. The lowest BCUT2D eigenvalue weighted by molar-refractivity contribution is -0.121. The van der Waals surface area contributed by atoms with Crippen LogP contribution in [-0.4, -0.2) is 29.0 Å². The molecule has 0 aliphatic carbocycles. The fourth-order valence-electron chi connectivity index (χ4n) is 2.23. The molecule has 0 atom stereocenters. The monoisotopic (exact) mass is 344 g/mol. The molecule has 2 aromatic rings. The highest BCUT2D eigenvalue weighted by molar-refractivity contribution is 5.96. The van der Waals surface area contributed by atoms with Crippen molar-refractivity contribution in [2.75, 3.05) is 6.54 Å². The Hall–Kier alpha value is -2.89. The quantitative estimate of drug-likeness (QED) is 0.798. The molecule has 2 rings (SSSR count). The number of carbonyl (C=O) groups excluding carboxylic acids is 2. The maximum atomic E-state index is 13.4. The third-order valence-electron chi connectivity index (χ3n) is 3.35. The number of phenols is 1. The Kier molecular flexibility index (Phi) is 5.41. The second kappa shape index (κ2) is 7.34. The topological polar surface area (TPSA) is 78.4 Å². The molecule has 6 heteroatoms. The molecule has 0 heterocycles. The van der Waals surface area contributed by atoms with Crippen LogP contribution in [0.4, 0.5) is 4.39 Å². The van der Waals surface area contributed by atoms with Crippen molar-refractivity contribution in [2.45, 2.75) is 26.3 Å². The number of halogens is 1. The van der Waals surface area contributed by atoms with Crippen LogP contribution < -0.4 is 10.6 Å². The summed E-state index contributed by atoms with van der Waals surface area (Å²) in [6.07, 6.45) is 0. The molecule has 3 N–H and O–H groups in total. The van der Waals surface area contributed by atoms with E-state index in [9.17, 15) is 19.1 Å². The van der Waals surface area contributed by atoms with E-state index in [4.69, 9.17) is 0 Å². The van der Waals surface area contributed by atoms with Crippen molar-refractivity contribution in [1.82, 2.24) is 10.6 Å². The summed E-state index contributed by atoms with van der Waals surface area (Å²) in [5.41, 5.74) is 1.34. The van der Waals surface area contributed by atoms with Gasteiger partial charge in [0.25, 0.3) is 5.91 Å². The minimum absolute atomic E-state index is 0.110. The molecule has 2 amide bonds. The highest BCUT2D eigenvalue weighted by Crippen LogP contribution is 2.25. The minimum atomic E-state index is -0.704. The van der Waals surface area contributed by atoms with Crippen LogP contribution in [0, 0.1) is 5.82 Å². The van der Waals surface area contributed by atoms with Crippen LogP contribution in [0.25, 0.3) is 11.1 Å². The molecule has 2 aromatic carbocycles. The van der Waals surface area contributed by atoms with Gasteiger partial charge in [0.1, 0.15) is 0 Å². The summed E-state index contributed by atoms with van der Waals surface area (Å²) in [6, 6.07) is 10.6. The SMILES string of the molecule is CC(C)(C)NC(=O)CNC(=O)c1ccc(-c2ccc(O)c(F)c2)cc1. The maximum Gasteiger partial charge on any atom is 0.251 e. The van der Waals surface area contributed by atoms with Gasteiger partial charge in [-0.2, -0.15) is 0 Å². The molecule has 0 saturated heterocycles. The van der Waals surface area contributed by atoms with E-state index in [2.05, 4.69) is 10.6 Å². The van der Waals surface area contributed by atoms with Crippen LogP contribution in [0.3, 0.4) is 0 Å². The molecular weight excluding hydrogens is 323 g/mol. The summed E-state index contributed by atoms with van der Waals surface area (Å²) in [7, 11) is 0. The Bertz CT molecular complexity index is 780. The average molecular weight is 344 g/mol. The van der Waals surface area contributed by atoms with Gasteiger partial charge in [0.2, 0.25) is 5.91 Å². The van der Waals surface area contributed by atoms with Crippen molar-refractivity contribution in [2.24, 2.45) is 0 Å². The Morgan fingerprint density at radius 3 is 2.20 bits per heavy atom. The molecule has 0 saturated carbocycles. The van der Waals surface area contributed by atoms with E-state index in [0.29, 0.717) is 16.7 Å². The molecular formula is C19H21FN2O3. The smallest absolute Gasteiger partial charge is 0.251 e. The molecule has 5 nitrogen and oxygen atoms in total. The standard InChI is InChI=1S/C19H21FN2O3/c1-19(2,3)22-17(24)11-21-18(25)13-6-4-12(5-7-13)14-8-9-16(23)15(20)10-14/h4-10,23H,11H2,1-3H3,(H,21,25)(H,22,24). The number of hydrogen-bond acceptors (Lipinski definition) is 3. The van der Waals surface area contributed by atoms with E-state index in [1.807, 2.05) is 20.8 Å². The van der Waals surface area contributed by atoms with Crippen molar-refractivity contribution in [3.63, 3.8) is 0 Å². The number of hydrogen-bond donors (Lipinski definition) is 3. The van der Waals surface area contributed by atoms with Gasteiger partial charge in [-0.3, -0.25) is 9.59 Å². The van der Waals surface area contributed by atoms with E-state index in [-0.39, 0.29) is 23.9 Å². The molecule has 0 spiro atoms. The van der Waals surface area contributed by atoms with Crippen LogP contribution in [0.2, 0.25) is 0 Å². The summed E-state index contributed by atoms with van der Waals surface area (Å²) in [5.74, 6) is -1.75. The number of benzene rings is 2. The first-order chi connectivity index (χ1) is 11.7. The van der Waals surface area contributed by atoms with Crippen LogP contribution in [0.15, 0.2) is 42.5 Å². The van der Waals surface area contributed by atoms with E-state index in [1.54, 1.807) is 30.3 Å². The molecule has 0 radical (unpaired) electrons. The Morgan fingerprint density at radius 1 is 1.04 bits per heavy atom. The molecule has 0 unspecified atom stereocenters. The molecule has 0 bridgehead atoms. The highest BCUT2D eigenvalue weighted by atomic mass is 19.1. The van der Waals surface area contributed by atoms with Gasteiger partial charge in [0, 0.05) is 11.1 Å². The lowest BCUT2D eigenvalue weighted by Crippen LogP contribution is -2.45. The normalized spacial score (nSPS) is 11.0. The van der Waals surface area contributed by atoms with Crippen molar-refractivity contribution >= 4 is 11.8 Å². The predicted octanol–water partition coefficient (Wildman–Crippen LogP) is 2.84. The lowest BCUT2D eigenvalue weighted by atomic mass is 10.0. The van der Waals surface area contributed by atoms with E-state index in [0.717, 1.165) is 0 Å². The first-order valence-electron chi connectivity index (χ1n) is 7.84. The van der Waals surface area contributed by atoms with E-state index in [1.165, 1.54) is 12.1 Å². The van der Waals surface area contributed by atoms with E-state index < -0.39 is 11.6 Å². The van der Waals surface area contributed by atoms with Crippen molar-refractivity contribution in [3.05, 3.63) is 53.8 Å². The Labute approximate surface area is 145 Å².